The first-order valence-corrected chi connectivity index (χ1v) is 16.3. The number of esters is 1. The van der Waals surface area contributed by atoms with E-state index in [-0.39, 0.29) is 48.7 Å². The predicted octanol–water partition coefficient (Wildman–Crippen LogP) is 2.59. The molecule has 3 N–H and O–H groups in total. The molecule has 13 atom stereocenters. The van der Waals surface area contributed by atoms with E-state index in [1.807, 2.05) is 53.6 Å². The number of cyclic esters (lactones) is 1. The summed E-state index contributed by atoms with van der Waals surface area (Å²) in [6.07, 6.45) is 1.63. The number of hydrazone groups is 1. The minimum atomic E-state index is -1.16. The van der Waals surface area contributed by atoms with Crippen molar-refractivity contribution in [3.63, 3.8) is 0 Å². The van der Waals surface area contributed by atoms with Gasteiger partial charge in [-0.05, 0) is 71.7 Å². The summed E-state index contributed by atoms with van der Waals surface area (Å²) in [5.41, 5.74) is 1.75. The van der Waals surface area contributed by atoms with Crippen LogP contribution in [0.1, 0.15) is 80.6 Å². The van der Waals surface area contributed by atoms with Crippen LogP contribution in [0.15, 0.2) is 17.3 Å². The lowest BCUT2D eigenvalue weighted by molar-refractivity contribution is -0.282. The van der Waals surface area contributed by atoms with E-state index < -0.39 is 60.0 Å². The Labute approximate surface area is 267 Å². The van der Waals surface area contributed by atoms with Crippen molar-refractivity contribution in [2.24, 2.45) is 28.8 Å². The number of carbonyl (C=O) groups is 3. The summed E-state index contributed by atoms with van der Waals surface area (Å²) in [5.74, 6) is -2.57. The third-order valence-electron chi connectivity index (χ3n) is 9.61. The molecule has 3 aliphatic heterocycles. The van der Waals surface area contributed by atoms with Crippen molar-refractivity contribution >= 4 is 23.9 Å². The summed E-state index contributed by atoms with van der Waals surface area (Å²) in [6.45, 7) is 12.7. The van der Waals surface area contributed by atoms with Crippen molar-refractivity contribution in [2.45, 2.75) is 135 Å². The molecule has 0 bridgehead atoms. The van der Waals surface area contributed by atoms with Gasteiger partial charge in [-0.2, -0.15) is 5.10 Å². The third kappa shape index (κ3) is 9.89. The van der Waals surface area contributed by atoms with Crippen LogP contribution in [0.5, 0.6) is 0 Å². The van der Waals surface area contributed by atoms with Crippen LogP contribution in [-0.2, 0) is 33.3 Å². The quantitative estimate of drug-likeness (QED) is 0.164. The number of likely N-dealkylation sites (N-methyl/N-ethyl adjacent to an activating group) is 1. The number of hydrogen-bond acceptors (Lipinski definition) is 11. The Morgan fingerprint density at radius 3 is 2.49 bits per heavy atom. The van der Waals surface area contributed by atoms with Gasteiger partial charge in [-0.25, -0.2) is 5.43 Å². The van der Waals surface area contributed by atoms with E-state index in [4.69, 9.17) is 18.9 Å². The Kier molecular flexibility index (Phi) is 13.3. The van der Waals surface area contributed by atoms with E-state index in [1.54, 1.807) is 25.3 Å². The van der Waals surface area contributed by atoms with Gasteiger partial charge in [0.15, 0.2) is 12.1 Å². The number of aliphatic hydroxyl groups is 2. The van der Waals surface area contributed by atoms with E-state index >= 15 is 0 Å². The third-order valence-corrected chi connectivity index (χ3v) is 9.61. The van der Waals surface area contributed by atoms with Crippen LogP contribution in [-0.4, -0.2) is 108 Å². The Morgan fingerprint density at radius 2 is 1.87 bits per heavy atom. The van der Waals surface area contributed by atoms with Crippen molar-refractivity contribution in [1.82, 2.24) is 10.3 Å². The van der Waals surface area contributed by atoms with Crippen LogP contribution in [0.2, 0.25) is 0 Å². The van der Waals surface area contributed by atoms with Gasteiger partial charge in [0.2, 0.25) is 5.91 Å². The minimum absolute atomic E-state index is 0.0883. The van der Waals surface area contributed by atoms with E-state index in [1.165, 1.54) is 6.92 Å². The fraction of sp³-hybridized carbons (Fsp3) is 0.818. The average Bonchev–Trinajstić information content (AvgIpc) is 3.65. The van der Waals surface area contributed by atoms with E-state index in [0.29, 0.717) is 19.3 Å². The number of nitrogens with one attached hydrogen (secondary N) is 1. The first kappa shape index (κ1) is 37.2. The summed E-state index contributed by atoms with van der Waals surface area (Å²) in [5, 5.41) is 26.7. The Bertz CT molecular complexity index is 1080. The summed E-state index contributed by atoms with van der Waals surface area (Å²) in [7, 11) is 3.77. The van der Waals surface area contributed by atoms with Crippen molar-refractivity contribution in [2.75, 3.05) is 14.1 Å². The second-order valence-corrected chi connectivity index (χ2v) is 13.7. The number of nitrogens with zero attached hydrogens (tertiary/aromatic N) is 2. The average molecular weight is 638 g/mol. The van der Waals surface area contributed by atoms with Crippen LogP contribution >= 0.6 is 0 Å². The number of carbonyl (C=O) groups excluding carboxylic acids is 3. The lowest BCUT2D eigenvalue weighted by Crippen LogP contribution is -2.56. The van der Waals surface area contributed by atoms with Crippen LogP contribution in [0.4, 0.5) is 0 Å². The molecule has 3 rings (SSSR count). The lowest BCUT2D eigenvalue weighted by atomic mass is 9.79. The van der Waals surface area contributed by atoms with Crippen molar-refractivity contribution < 1.29 is 43.5 Å². The molecule has 0 aromatic rings. The molecule has 12 heteroatoms. The smallest absolute Gasteiger partial charge is 0.308 e. The van der Waals surface area contributed by atoms with Gasteiger partial charge in [0.1, 0.15) is 17.8 Å². The molecule has 0 spiro atoms. The molecule has 2 saturated heterocycles. The van der Waals surface area contributed by atoms with Crippen LogP contribution in [0.3, 0.4) is 0 Å². The van der Waals surface area contributed by atoms with Crippen molar-refractivity contribution in [3.05, 3.63) is 12.2 Å². The van der Waals surface area contributed by atoms with Gasteiger partial charge in [-0.15, -0.1) is 0 Å². The van der Waals surface area contributed by atoms with Gasteiger partial charge in [0.25, 0.3) is 0 Å². The normalized spacial score (nSPS) is 42.7. The summed E-state index contributed by atoms with van der Waals surface area (Å²) < 4.78 is 24.5. The highest BCUT2D eigenvalue weighted by atomic mass is 16.7. The van der Waals surface area contributed by atoms with Gasteiger partial charge >= 0.3 is 5.97 Å². The first-order valence-electron chi connectivity index (χ1n) is 16.3. The lowest BCUT2D eigenvalue weighted by Gasteiger charge is -2.44. The van der Waals surface area contributed by atoms with Gasteiger partial charge in [0, 0.05) is 36.9 Å². The molecule has 0 unspecified atom stereocenters. The molecule has 2 fully saturated rings. The van der Waals surface area contributed by atoms with E-state index in [0.717, 1.165) is 0 Å². The number of hydrogen-bond donors (Lipinski definition) is 3. The molecule has 12 nitrogen and oxygen atoms in total. The van der Waals surface area contributed by atoms with Gasteiger partial charge in [0.05, 0.1) is 30.8 Å². The molecular formula is C33H55N3O9. The number of allylic oxidation sites excluding steroid dienone is 1. The summed E-state index contributed by atoms with van der Waals surface area (Å²) in [4.78, 5) is 39.9. The second-order valence-electron chi connectivity index (χ2n) is 13.7. The number of amides is 1. The zero-order valence-corrected chi connectivity index (χ0v) is 28.3. The molecule has 256 valence electrons. The SMILES string of the molecule is CC[C@H]1OC(=O)C[C@@H](O)[C@H](C)[C@@H](O[C@@H]2O[C@@H](C)C[C@H](N(C)C)[C@@H]2O)[C@@H](C/C=N/NC(C)=O)C[C@@H](C)C(=O)/C=C/[C@]2(C)O[C@H]2[C@@H]1C. The molecule has 45 heavy (non-hydrogen) atoms. The van der Waals surface area contributed by atoms with Crippen LogP contribution in [0, 0.1) is 23.7 Å². The molecule has 0 saturated carbocycles. The Balaban J connectivity index is 2.01. The van der Waals surface area contributed by atoms with Crippen LogP contribution in [0.25, 0.3) is 0 Å². The number of fused-ring (bicyclic) bond motifs is 1. The zero-order chi connectivity index (χ0) is 33.6. The summed E-state index contributed by atoms with van der Waals surface area (Å²) >= 11 is 0. The number of epoxide rings is 1. The van der Waals surface area contributed by atoms with Gasteiger partial charge < -0.3 is 34.1 Å². The largest absolute Gasteiger partial charge is 0.462 e. The highest BCUT2D eigenvalue weighted by Gasteiger charge is 2.55. The second kappa shape index (κ2) is 16.1. The summed E-state index contributed by atoms with van der Waals surface area (Å²) in [6, 6.07) is -0.228. The van der Waals surface area contributed by atoms with E-state index in [9.17, 15) is 24.6 Å². The van der Waals surface area contributed by atoms with Gasteiger partial charge in [-0.3, -0.25) is 14.4 Å². The standard InChI is InChI=1S/C33H55N3O9/c1-10-27-21(5)31-33(7,45-31)13-11-25(38)18(2)15-23(12-14-34-35-22(6)37)30(20(4)26(39)17-28(40)43-27)44-32-29(41)24(36(8)9)16-19(3)42-32/h11,13-14,18-21,23-24,26-27,29-32,39,41H,10,12,15-17H2,1-9H3,(H,35,37)/b13-11+,34-14+/t18-,19+,20+,21-,23+,24+,26-,27-,29+,30-,31+,32+,33+/m1/s1. The van der Waals surface area contributed by atoms with Crippen molar-refractivity contribution in [1.29, 1.82) is 0 Å². The van der Waals surface area contributed by atoms with Gasteiger partial charge in [-0.1, -0.05) is 27.7 Å². The van der Waals surface area contributed by atoms with Crippen LogP contribution < -0.4 is 5.43 Å². The number of aliphatic hydroxyl groups excluding tert-OH is 2. The first-order chi connectivity index (χ1) is 21.1. The van der Waals surface area contributed by atoms with Crippen molar-refractivity contribution in [3.8, 4) is 0 Å². The highest BCUT2D eigenvalue weighted by molar-refractivity contribution is 5.91. The van der Waals surface area contributed by atoms with E-state index in [2.05, 4.69) is 10.5 Å². The maximum atomic E-state index is 13.4. The highest BCUT2D eigenvalue weighted by Crippen LogP contribution is 2.45. The molecule has 0 radical (unpaired) electrons. The molecule has 0 aromatic heterocycles. The molecule has 3 heterocycles. The Morgan fingerprint density at radius 1 is 1.18 bits per heavy atom. The number of rotatable bonds is 7. The predicted molar refractivity (Wildman–Crippen MR) is 168 cm³/mol. The maximum absolute atomic E-state index is 13.4. The molecule has 1 amide bonds. The molecule has 3 aliphatic rings. The number of ketones is 1. The Hall–Kier alpha value is -2.22. The molecule has 0 aromatic carbocycles. The number of ether oxygens (including phenoxy) is 4. The molecule has 0 aliphatic carbocycles. The fourth-order valence-corrected chi connectivity index (χ4v) is 6.70. The minimum Gasteiger partial charge on any atom is -0.462 e. The fourth-order valence-electron chi connectivity index (χ4n) is 6.70. The topological polar surface area (TPSA) is 160 Å². The maximum Gasteiger partial charge on any atom is 0.308 e. The molecular weight excluding hydrogens is 582 g/mol. The zero-order valence-electron chi connectivity index (χ0n) is 28.3. The monoisotopic (exact) mass is 637 g/mol.